The molecular formula is C27H36ClN3O9. The zero-order valence-electron chi connectivity index (χ0n) is 22.4. The Balaban J connectivity index is 1.29. The van der Waals surface area contributed by atoms with Crippen molar-refractivity contribution < 1.29 is 42.9 Å². The summed E-state index contributed by atoms with van der Waals surface area (Å²) in [5.41, 5.74) is 0.221. The average Bonchev–Trinajstić information content (AvgIpc) is 3.18. The van der Waals surface area contributed by atoms with E-state index in [9.17, 15) is 24.0 Å². The maximum atomic E-state index is 13.1. The van der Waals surface area contributed by atoms with E-state index in [0.29, 0.717) is 32.3 Å². The Labute approximate surface area is 238 Å². The standard InChI is InChI=1S/C27H36ClN3O9/c28-10-3-1-2-4-11-37-12-13-38-14-15-39-16-17-40-18-23(33)29-20-7-5-6-19-24(20)27(36)31(26(19)35)21-8-9-22(32)30-25(21)34/h5-7,21H,1-4,8-18H2,(H,29,33)(H,30,32,34). The topological polar surface area (TPSA) is 150 Å². The number of imide groups is 2. The molecule has 0 aromatic heterocycles. The van der Waals surface area contributed by atoms with Crippen molar-refractivity contribution in [1.29, 1.82) is 0 Å². The van der Waals surface area contributed by atoms with Crippen molar-refractivity contribution in [3.05, 3.63) is 29.3 Å². The van der Waals surface area contributed by atoms with Gasteiger partial charge in [0.25, 0.3) is 11.8 Å². The minimum Gasteiger partial charge on any atom is -0.379 e. The van der Waals surface area contributed by atoms with Crippen molar-refractivity contribution in [2.75, 3.05) is 64.1 Å². The third-order valence-electron chi connectivity index (χ3n) is 6.26. The zero-order chi connectivity index (χ0) is 28.7. The summed E-state index contributed by atoms with van der Waals surface area (Å²) in [6.07, 6.45) is 4.37. The normalized spacial score (nSPS) is 16.8. The molecule has 2 aliphatic heterocycles. The van der Waals surface area contributed by atoms with Gasteiger partial charge >= 0.3 is 0 Å². The number of nitrogens with one attached hydrogen (secondary N) is 2. The predicted molar refractivity (Wildman–Crippen MR) is 144 cm³/mol. The van der Waals surface area contributed by atoms with E-state index in [0.717, 1.165) is 37.2 Å². The van der Waals surface area contributed by atoms with E-state index in [1.54, 1.807) is 0 Å². The van der Waals surface area contributed by atoms with Crippen LogP contribution in [0.15, 0.2) is 18.2 Å². The Morgan fingerprint density at radius 1 is 0.875 bits per heavy atom. The fourth-order valence-corrected chi connectivity index (χ4v) is 4.47. The van der Waals surface area contributed by atoms with E-state index in [-0.39, 0.29) is 49.5 Å². The molecule has 1 atom stereocenters. The third-order valence-corrected chi connectivity index (χ3v) is 6.53. The van der Waals surface area contributed by atoms with Gasteiger partial charge in [-0.2, -0.15) is 0 Å². The van der Waals surface area contributed by atoms with Gasteiger partial charge in [0, 0.05) is 18.9 Å². The van der Waals surface area contributed by atoms with Gasteiger partial charge in [0.1, 0.15) is 12.6 Å². The van der Waals surface area contributed by atoms with E-state index >= 15 is 0 Å². The number of nitrogens with zero attached hydrogens (tertiary/aromatic N) is 1. The molecule has 220 valence electrons. The Morgan fingerprint density at radius 3 is 2.20 bits per heavy atom. The van der Waals surface area contributed by atoms with Crippen LogP contribution in [0.3, 0.4) is 0 Å². The Bertz CT molecular complexity index is 1050. The van der Waals surface area contributed by atoms with E-state index in [1.807, 2.05) is 0 Å². The van der Waals surface area contributed by atoms with Crippen molar-refractivity contribution >= 4 is 46.8 Å². The lowest BCUT2D eigenvalue weighted by Crippen LogP contribution is -2.54. The van der Waals surface area contributed by atoms with Gasteiger partial charge < -0.3 is 24.3 Å². The van der Waals surface area contributed by atoms with Crippen LogP contribution in [0.1, 0.15) is 59.2 Å². The highest BCUT2D eigenvalue weighted by Gasteiger charge is 2.45. The number of ether oxygens (including phenoxy) is 4. The number of carbonyl (C=O) groups is 5. The summed E-state index contributed by atoms with van der Waals surface area (Å²) < 4.78 is 21.7. The summed E-state index contributed by atoms with van der Waals surface area (Å²) in [5, 5.41) is 4.74. The van der Waals surface area contributed by atoms with Crippen LogP contribution >= 0.6 is 11.6 Å². The van der Waals surface area contributed by atoms with Crippen molar-refractivity contribution in [1.82, 2.24) is 10.2 Å². The number of benzene rings is 1. The Morgan fingerprint density at radius 2 is 1.52 bits per heavy atom. The van der Waals surface area contributed by atoms with Crippen LogP contribution in [0, 0.1) is 0 Å². The summed E-state index contributed by atoms with van der Waals surface area (Å²) >= 11 is 5.64. The van der Waals surface area contributed by atoms with Gasteiger partial charge in [-0.15, -0.1) is 11.6 Å². The van der Waals surface area contributed by atoms with Crippen LogP contribution in [0.4, 0.5) is 5.69 Å². The molecule has 0 radical (unpaired) electrons. The Kier molecular flexibility index (Phi) is 13.5. The first-order valence-corrected chi connectivity index (χ1v) is 14.0. The molecule has 12 nitrogen and oxygen atoms in total. The van der Waals surface area contributed by atoms with Gasteiger partial charge in [-0.05, 0) is 31.4 Å². The molecule has 1 fully saturated rings. The van der Waals surface area contributed by atoms with Gasteiger partial charge in [-0.3, -0.25) is 34.2 Å². The van der Waals surface area contributed by atoms with Crippen molar-refractivity contribution in [2.24, 2.45) is 0 Å². The molecule has 1 aromatic carbocycles. The molecule has 3 rings (SSSR count). The highest BCUT2D eigenvalue weighted by Crippen LogP contribution is 2.32. The maximum Gasteiger partial charge on any atom is 0.264 e. The molecule has 40 heavy (non-hydrogen) atoms. The molecule has 0 spiro atoms. The van der Waals surface area contributed by atoms with E-state index in [1.165, 1.54) is 18.2 Å². The average molecular weight is 582 g/mol. The molecule has 1 unspecified atom stereocenters. The van der Waals surface area contributed by atoms with Crippen LogP contribution in [-0.4, -0.2) is 99.2 Å². The highest BCUT2D eigenvalue weighted by molar-refractivity contribution is 6.26. The van der Waals surface area contributed by atoms with Crippen molar-refractivity contribution in [3.8, 4) is 0 Å². The van der Waals surface area contributed by atoms with Gasteiger partial charge in [0.2, 0.25) is 17.7 Å². The van der Waals surface area contributed by atoms with E-state index in [4.69, 9.17) is 30.5 Å². The number of hydrogen-bond donors (Lipinski definition) is 2. The predicted octanol–water partition coefficient (Wildman–Crippen LogP) is 1.89. The van der Waals surface area contributed by atoms with Gasteiger partial charge in [-0.1, -0.05) is 18.9 Å². The number of anilines is 1. The molecule has 0 bridgehead atoms. The number of fused-ring (bicyclic) bond motifs is 1. The van der Waals surface area contributed by atoms with Crippen molar-refractivity contribution in [2.45, 2.75) is 44.6 Å². The number of carbonyl (C=O) groups excluding carboxylic acids is 5. The van der Waals surface area contributed by atoms with Crippen LogP contribution < -0.4 is 10.6 Å². The fourth-order valence-electron chi connectivity index (χ4n) is 4.28. The fraction of sp³-hybridized carbons (Fsp3) is 0.593. The van der Waals surface area contributed by atoms with Crippen molar-refractivity contribution in [3.63, 3.8) is 0 Å². The lowest BCUT2D eigenvalue weighted by Gasteiger charge is -2.27. The quantitative estimate of drug-likeness (QED) is 0.142. The second-order valence-electron chi connectivity index (χ2n) is 9.22. The van der Waals surface area contributed by atoms with E-state index < -0.39 is 35.6 Å². The van der Waals surface area contributed by atoms with Crippen LogP contribution in [0.2, 0.25) is 0 Å². The number of amides is 5. The molecule has 5 amide bonds. The first-order valence-electron chi connectivity index (χ1n) is 13.5. The van der Waals surface area contributed by atoms with Gasteiger partial charge in [-0.25, -0.2) is 0 Å². The molecule has 2 N–H and O–H groups in total. The van der Waals surface area contributed by atoms with Crippen LogP contribution in [0.25, 0.3) is 0 Å². The Hall–Kier alpha value is -2.90. The lowest BCUT2D eigenvalue weighted by molar-refractivity contribution is -0.136. The van der Waals surface area contributed by atoms with Crippen LogP contribution in [-0.2, 0) is 33.3 Å². The van der Waals surface area contributed by atoms with Gasteiger partial charge in [0.15, 0.2) is 0 Å². The number of rotatable bonds is 19. The summed E-state index contributed by atoms with van der Waals surface area (Å²) in [4.78, 5) is 62.9. The smallest absolute Gasteiger partial charge is 0.264 e. The molecule has 0 saturated carbocycles. The second-order valence-corrected chi connectivity index (χ2v) is 9.59. The summed E-state index contributed by atoms with van der Waals surface area (Å²) in [7, 11) is 0. The van der Waals surface area contributed by atoms with E-state index in [2.05, 4.69) is 10.6 Å². The number of unbranched alkanes of at least 4 members (excludes halogenated alkanes) is 3. The van der Waals surface area contributed by atoms with Crippen LogP contribution in [0.5, 0.6) is 0 Å². The molecule has 2 aliphatic rings. The monoisotopic (exact) mass is 581 g/mol. The third kappa shape index (κ3) is 9.34. The zero-order valence-corrected chi connectivity index (χ0v) is 23.2. The molecular weight excluding hydrogens is 546 g/mol. The molecule has 1 saturated heterocycles. The summed E-state index contributed by atoms with van der Waals surface area (Å²) in [5.74, 6) is -2.32. The first-order chi connectivity index (χ1) is 19.4. The minimum atomic E-state index is -1.09. The number of hydrogen-bond acceptors (Lipinski definition) is 9. The van der Waals surface area contributed by atoms with Gasteiger partial charge in [0.05, 0.1) is 56.5 Å². The number of alkyl halides is 1. The summed E-state index contributed by atoms with van der Waals surface area (Å²) in [6.45, 7) is 2.70. The SMILES string of the molecule is O=C1CCC(N2C(=O)c3cccc(NC(=O)COCCOCCOCCOCCCCCCCl)c3C2=O)C(=O)N1. The second kappa shape index (κ2) is 17.0. The highest BCUT2D eigenvalue weighted by atomic mass is 35.5. The molecule has 0 aliphatic carbocycles. The summed E-state index contributed by atoms with van der Waals surface area (Å²) in [6, 6.07) is 3.39. The minimum absolute atomic E-state index is 0.00143. The number of halogens is 1. The molecule has 1 aromatic rings. The first kappa shape index (κ1) is 31.6. The number of piperidine rings is 1. The molecule has 2 heterocycles. The maximum absolute atomic E-state index is 13.1. The molecule has 13 heteroatoms. The lowest BCUT2D eigenvalue weighted by atomic mass is 10.0. The largest absolute Gasteiger partial charge is 0.379 e.